The van der Waals surface area contributed by atoms with E-state index < -0.39 is 6.09 Å². The number of aromatic nitrogens is 2. The summed E-state index contributed by atoms with van der Waals surface area (Å²) in [5.74, 6) is 0. The van der Waals surface area contributed by atoms with E-state index in [0.717, 1.165) is 4.68 Å². The van der Waals surface area contributed by atoms with Crippen molar-refractivity contribution >= 4 is 34.3 Å². The molecule has 0 saturated heterocycles. The molecule has 0 unspecified atom stereocenters. The fraction of sp³-hybridized carbons (Fsp3) is 0. The van der Waals surface area contributed by atoms with Crippen LogP contribution in [0.5, 0.6) is 0 Å². The van der Waals surface area contributed by atoms with E-state index in [4.69, 9.17) is 22.4 Å². The van der Waals surface area contributed by atoms with Gasteiger partial charge in [-0.3, -0.25) is 0 Å². The molecule has 1 aromatic carbocycles. The quantitative estimate of drug-likeness (QED) is 0.651. The average Bonchev–Trinajstić information content (AvgIpc) is 2.48. The van der Waals surface area contributed by atoms with E-state index in [2.05, 4.69) is 5.10 Å². The van der Waals surface area contributed by atoms with Crippen LogP contribution in [0.25, 0.3) is 10.9 Å². The van der Waals surface area contributed by atoms with Crippen LogP contribution in [0, 0.1) is 0 Å². The number of rotatable bonds is 0. The van der Waals surface area contributed by atoms with Crippen LogP contribution in [0.2, 0.25) is 5.02 Å². The number of halogens is 1. The van der Waals surface area contributed by atoms with Crippen molar-refractivity contribution in [3.8, 4) is 0 Å². The largest absolute Gasteiger partial charge is 0.463 e. The maximum Gasteiger partial charge on any atom is 0.432 e. The Bertz CT molecular complexity index is 521. The second-order valence-electron chi connectivity index (χ2n) is 2.77. The molecule has 0 radical (unpaired) electrons. The number of hydrogen-bond acceptors (Lipinski definition) is 3. The molecule has 14 heavy (non-hydrogen) atoms. The van der Waals surface area contributed by atoms with Crippen LogP contribution >= 0.6 is 11.6 Å². The SMILES string of the molecule is Nc1cc2cnn(C(=O)O)c2cc1Cl. The second kappa shape index (κ2) is 2.88. The summed E-state index contributed by atoms with van der Waals surface area (Å²) in [6.45, 7) is 0. The Morgan fingerprint density at radius 1 is 1.57 bits per heavy atom. The lowest BCUT2D eigenvalue weighted by atomic mass is 10.2. The number of carbonyl (C=O) groups is 1. The first kappa shape index (κ1) is 8.83. The maximum absolute atomic E-state index is 10.7. The van der Waals surface area contributed by atoms with Crippen molar-refractivity contribution in [1.82, 2.24) is 9.78 Å². The van der Waals surface area contributed by atoms with Crippen molar-refractivity contribution in [1.29, 1.82) is 0 Å². The zero-order chi connectivity index (χ0) is 10.3. The van der Waals surface area contributed by atoms with E-state index in [1.54, 1.807) is 6.07 Å². The molecule has 0 spiro atoms. The number of nitrogen functional groups attached to an aromatic ring is 1. The number of benzene rings is 1. The molecule has 72 valence electrons. The molecule has 0 aliphatic rings. The van der Waals surface area contributed by atoms with Gasteiger partial charge < -0.3 is 10.8 Å². The normalized spacial score (nSPS) is 10.6. The van der Waals surface area contributed by atoms with E-state index in [0.29, 0.717) is 21.6 Å². The molecule has 2 aromatic rings. The molecular formula is C8H6ClN3O2. The first-order valence-electron chi connectivity index (χ1n) is 3.75. The zero-order valence-corrected chi connectivity index (χ0v) is 7.69. The highest BCUT2D eigenvalue weighted by molar-refractivity contribution is 6.33. The Kier molecular flexibility index (Phi) is 1.82. The van der Waals surface area contributed by atoms with Gasteiger partial charge in [0.1, 0.15) is 0 Å². The van der Waals surface area contributed by atoms with Crippen LogP contribution in [0.3, 0.4) is 0 Å². The van der Waals surface area contributed by atoms with Crippen molar-refractivity contribution in [2.24, 2.45) is 0 Å². The number of nitrogens with zero attached hydrogens (tertiary/aromatic N) is 2. The van der Waals surface area contributed by atoms with Crippen LogP contribution < -0.4 is 5.73 Å². The van der Waals surface area contributed by atoms with Gasteiger partial charge in [0.15, 0.2) is 0 Å². The third kappa shape index (κ3) is 1.18. The lowest BCUT2D eigenvalue weighted by Gasteiger charge is -1.99. The Balaban J connectivity index is 2.80. The molecular weight excluding hydrogens is 206 g/mol. The molecule has 5 nitrogen and oxygen atoms in total. The van der Waals surface area contributed by atoms with Gasteiger partial charge in [0, 0.05) is 5.39 Å². The molecule has 3 N–H and O–H groups in total. The van der Waals surface area contributed by atoms with Crippen LogP contribution in [0.15, 0.2) is 18.3 Å². The van der Waals surface area contributed by atoms with E-state index in [1.165, 1.54) is 12.3 Å². The fourth-order valence-corrected chi connectivity index (χ4v) is 1.38. The van der Waals surface area contributed by atoms with Gasteiger partial charge in [-0.05, 0) is 12.1 Å². The maximum atomic E-state index is 10.7. The molecule has 0 bridgehead atoms. The molecule has 6 heteroatoms. The summed E-state index contributed by atoms with van der Waals surface area (Å²) in [4.78, 5) is 10.7. The molecule has 1 heterocycles. The monoisotopic (exact) mass is 211 g/mol. The van der Waals surface area contributed by atoms with Crippen LogP contribution in [-0.4, -0.2) is 21.0 Å². The minimum absolute atomic E-state index is 0.320. The zero-order valence-electron chi connectivity index (χ0n) is 6.94. The summed E-state index contributed by atoms with van der Waals surface area (Å²) >= 11 is 5.76. The summed E-state index contributed by atoms with van der Waals surface area (Å²) in [6, 6.07) is 3.07. The number of fused-ring (bicyclic) bond motifs is 1. The van der Waals surface area contributed by atoms with E-state index in [-0.39, 0.29) is 0 Å². The predicted molar refractivity (Wildman–Crippen MR) is 52.6 cm³/mol. The molecule has 2 rings (SSSR count). The molecule has 0 aliphatic heterocycles. The minimum atomic E-state index is -1.15. The van der Waals surface area contributed by atoms with Gasteiger partial charge in [0.05, 0.1) is 22.4 Å². The van der Waals surface area contributed by atoms with Crippen LogP contribution in [0.4, 0.5) is 10.5 Å². The highest BCUT2D eigenvalue weighted by Gasteiger charge is 2.10. The van der Waals surface area contributed by atoms with E-state index >= 15 is 0 Å². The number of hydrogen-bond donors (Lipinski definition) is 2. The lowest BCUT2D eigenvalue weighted by molar-refractivity contribution is 0.194. The van der Waals surface area contributed by atoms with Crippen molar-refractivity contribution < 1.29 is 9.90 Å². The smallest absolute Gasteiger partial charge is 0.432 e. The van der Waals surface area contributed by atoms with E-state index in [9.17, 15) is 4.79 Å². The summed E-state index contributed by atoms with van der Waals surface area (Å²) in [7, 11) is 0. The molecule has 0 atom stereocenters. The highest BCUT2D eigenvalue weighted by atomic mass is 35.5. The molecule has 0 aliphatic carbocycles. The van der Waals surface area contributed by atoms with Gasteiger partial charge >= 0.3 is 6.09 Å². The van der Waals surface area contributed by atoms with Gasteiger partial charge in [-0.2, -0.15) is 9.78 Å². The lowest BCUT2D eigenvalue weighted by Crippen LogP contribution is -2.08. The van der Waals surface area contributed by atoms with Crippen molar-refractivity contribution in [2.45, 2.75) is 0 Å². The topological polar surface area (TPSA) is 81.1 Å². The Morgan fingerprint density at radius 3 is 2.93 bits per heavy atom. The summed E-state index contributed by atoms with van der Waals surface area (Å²) in [5.41, 5.74) is 6.39. The third-order valence-corrected chi connectivity index (χ3v) is 2.19. The fourth-order valence-electron chi connectivity index (χ4n) is 1.22. The second-order valence-corrected chi connectivity index (χ2v) is 3.18. The predicted octanol–water partition coefficient (Wildman–Crippen LogP) is 1.80. The highest BCUT2D eigenvalue weighted by Crippen LogP contribution is 2.25. The van der Waals surface area contributed by atoms with Crippen LogP contribution in [-0.2, 0) is 0 Å². The number of carboxylic acid groups (broad SMARTS) is 1. The average molecular weight is 212 g/mol. The van der Waals surface area contributed by atoms with Gasteiger partial charge in [0.2, 0.25) is 0 Å². The first-order chi connectivity index (χ1) is 6.59. The Morgan fingerprint density at radius 2 is 2.29 bits per heavy atom. The minimum Gasteiger partial charge on any atom is -0.463 e. The van der Waals surface area contributed by atoms with Gasteiger partial charge in [-0.25, -0.2) is 4.79 Å². The summed E-state index contributed by atoms with van der Waals surface area (Å²) in [5, 5.41) is 13.4. The molecule has 0 fully saturated rings. The van der Waals surface area contributed by atoms with Gasteiger partial charge in [-0.1, -0.05) is 11.6 Å². The summed E-state index contributed by atoms with van der Waals surface area (Å²) < 4.78 is 0.848. The Labute approximate surface area is 83.7 Å². The standard InChI is InChI=1S/C8H6ClN3O2/c9-5-2-7-4(1-6(5)10)3-11-12(7)8(13)14/h1-3H,10H2,(H,13,14). The van der Waals surface area contributed by atoms with Crippen LogP contribution in [0.1, 0.15) is 0 Å². The van der Waals surface area contributed by atoms with Gasteiger partial charge in [0.25, 0.3) is 0 Å². The van der Waals surface area contributed by atoms with Crippen molar-refractivity contribution in [3.05, 3.63) is 23.4 Å². The first-order valence-corrected chi connectivity index (χ1v) is 4.13. The van der Waals surface area contributed by atoms with E-state index in [1.807, 2.05) is 0 Å². The Hall–Kier alpha value is -1.75. The number of anilines is 1. The molecule has 0 saturated carbocycles. The third-order valence-electron chi connectivity index (χ3n) is 1.87. The van der Waals surface area contributed by atoms with Crippen molar-refractivity contribution in [2.75, 3.05) is 5.73 Å². The molecule has 0 amide bonds. The summed E-state index contributed by atoms with van der Waals surface area (Å²) in [6.07, 6.45) is 0.275. The molecule has 1 aromatic heterocycles. The number of nitrogens with two attached hydrogens (primary N) is 1. The van der Waals surface area contributed by atoms with Crippen molar-refractivity contribution in [3.63, 3.8) is 0 Å². The van der Waals surface area contributed by atoms with Gasteiger partial charge in [-0.15, -0.1) is 0 Å².